The van der Waals surface area contributed by atoms with Crippen molar-refractivity contribution in [1.29, 1.82) is 0 Å². The lowest BCUT2D eigenvalue weighted by molar-refractivity contribution is -0.139. The SMILES string of the molecule is CC1CC(C)CN(C(=O)C2CCN(C)CC2)C1. The molecular weight excluding hydrogens is 212 g/mol. The predicted octanol–water partition coefficient (Wildman–Crippen LogP) is 1.83. The average Bonchev–Trinajstić information content (AvgIpc) is 2.28. The molecule has 0 radical (unpaired) electrons. The first kappa shape index (κ1) is 12.9. The lowest BCUT2D eigenvalue weighted by Crippen LogP contribution is -2.47. The Morgan fingerprint density at radius 3 is 2.12 bits per heavy atom. The second-order valence-electron chi connectivity index (χ2n) is 6.27. The number of carbonyl (C=O) groups excluding carboxylic acids is 1. The van der Waals surface area contributed by atoms with Gasteiger partial charge in [-0.3, -0.25) is 4.79 Å². The molecule has 98 valence electrons. The summed E-state index contributed by atoms with van der Waals surface area (Å²) in [6.45, 7) is 8.66. The number of piperidine rings is 2. The molecule has 2 aliphatic rings. The van der Waals surface area contributed by atoms with E-state index in [-0.39, 0.29) is 0 Å². The van der Waals surface area contributed by atoms with Crippen molar-refractivity contribution in [1.82, 2.24) is 9.80 Å². The van der Waals surface area contributed by atoms with Gasteiger partial charge in [0.2, 0.25) is 5.91 Å². The Bertz CT molecular complexity index is 261. The summed E-state index contributed by atoms with van der Waals surface area (Å²) in [7, 11) is 2.14. The maximum Gasteiger partial charge on any atom is 0.225 e. The zero-order valence-corrected chi connectivity index (χ0v) is 11.5. The fraction of sp³-hybridized carbons (Fsp3) is 0.929. The van der Waals surface area contributed by atoms with Gasteiger partial charge in [-0.1, -0.05) is 13.8 Å². The predicted molar refractivity (Wildman–Crippen MR) is 69.7 cm³/mol. The van der Waals surface area contributed by atoms with Crippen molar-refractivity contribution in [2.45, 2.75) is 33.1 Å². The third kappa shape index (κ3) is 3.21. The normalized spacial score (nSPS) is 32.8. The van der Waals surface area contributed by atoms with Gasteiger partial charge in [0.15, 0.2) is 0 Å². The van der Waals surface area contributed by atoms with Crippen molar-refractivity contribution < 1.29 is 4.79 Å². The summed E-state index contributed by atoms with van der Waals surface area (Å²) in [6, 6.07) is 0. The molecule has 2 aliphatic heterocycles. The van der Waals surface area contributed by atoms with Gasteiger partial charge in [-0.05, 0) is 51.2 Å². The maximum atomic E-state index is 12.5. The van der Waals surface area contributed by atoms with Gasteiger partial charge in [-0.2, -0.15) is 0 Å². The largest absolute Gasteiger partial charge is 0.342 e. The molecule has 2 heterocycles. The number of hydrogen-bond donors (Lipinski definition) is 0. The average molecular weight is 238 g/mol. The first-order valence-corrected chi connectivity index (χ1v) is 7.03. The van der Waals surface area contributed by atoms with Crippen LogP contribution in [0.25, 0.3) is 0 Å². The summed E-state index contributed by atoms with van der Waals surface area (Å²) in [5.74, 6) is 2.07. The molecule has 1 amide bonds. The minimum absolute atomic E-state index is 0.295. The van der Waals surface area contributed by atoms with Crippen LogP contribution < -0.4 is 0 Å². The third-order valence-electron chi connectivity index (χ3n) is 4.25. The van der Waals surface area contributed by atoms with Crippen LogP contribution in [-0.2, 0) is 4.79 Å². The van der Waals surface area contributed by atoms with E-state index in [9.17, 15) is 4.79 Å². The summed E-state index contributed by atoms with van der Waals surface area (Å²) in [5, 5.41) is 0. The topological polar surface area (TPSA) is 23.6 Å². The molecule has 0 aromatic heterocycles. The minimum Gasteiger partial charge on any atom is -0.342 e. The highest BCUT2D eigenvalue weighted by Gasteiger charge is 2.31. The van der Waals surface area contributed by atoms with E-state index in [0.717, 1.165) is 39.0 Å². The van der Waals surface area contributed by atoms with Crippen molar-refractivity contribution in [3.63, 3.8) is 0 Å². The maximum absolute atomic E-state index is 12.5. The molecule has 2 fully saturated rings. The van der Waals surface area contributed by atoms with Crippen LogP contribution in [0.5, 0.6) is 0 Å². The van der Waals surface area contributed by atoms with Crippen molar-refractivity contribution in [2.75, 3.05) is 33.2 Å². The molecule has 0 aromatic carbocycles. The van der Waals surface area contributed by atoms with E-state index in [0.29, 0.717) is 23.7 Å². The fourth-order valence-corrected chi connectivity index (χ4v) is 3.36. The quantitative estimate of drug-likeness (QED) is 0.696. The standard InChI is InChI=1S/C14H26N2O/c1-11-8-12(2)10-16(9-11)14(17)13-4-6-15(3)7-5-13/h11-13H,4-10H2,1-3H3. The molecular formula is C14H26N2O. The first-order chi connectivity index (χ1) is 8.06. The highest BCUT2D eigenvalue weighted by atomic mass is 16.2. The number of nitrogens with zero attached hydrogens (tertiary/aromatic N) is 2. The molecule has 2 rings (SSSR count). The number of rotatable bonds is 1. The molecule has 0 aliphatic carbocycles. The van der Waals surface area contributed by atoms with Gasteiger partial charge < -0.3 is 9.80 Å². The number of amides is 1. The molecule has 0 N–H and O–H groups in total. The molecule has 17 heavy (non-hydrogen) atoms. The van der Waals surface area contributed by atoms with Crippen LogP contribution in [0.15, 0.2) is 0 Å². The summed E-state index contributed by atoms with van der Waals surface area (Å²) < 4.78 is 0. The minimum atomic E-state index is 0.295. The Hall–Kier alpha value is -0.570. The van der Waals surface area contributed by atoms with Crippen LogP contribution in [0.2, 0.25) is 0 Å². The molecule has 2 saturated heterocycles. The Morgan fingerprint density at radius 2 is 1.59 bits per heavy atom. The lowest BCUT2D eigenvalue weighted by atomic mass is 9.89. The molecule has 3 heteroatoms. The molecule has 2 atom stereocenters. The van der Waals surface area contributed by atoms with Gasteiger partial charge in [0, 0.05) is 19.0 Å². The van der Waals surface area contributed by atoms with Crippen LogP contribution in [-0.4, -0.2) is 48.9 Å². The van der Waals surface area contributed by atoms with E-state index in [1.165, 1.54) is 6.42 Å². The van der Waals surface area contributed by atoms with Gasteiger partial charge in [0.1, 0.15) is 0 Å². The van der Waals surface area contributed by atoms with Gasteiger partial charge >= 0.3 is 0 Å². The number of carbonyl (C=O) groups is 1. The summed E-state index contributed by atoms with van der Waals surface area (Å²) in [4.78, 5) is 16.9. The van der Waals surface area contributed by atoms with E-state index < -0.39 is 0 Å². The Morgan fingerprint density at radius 1 is 1.06 bits per heavy atom. The molecule has 0 saturated carbocycles. The van der Waals surface area contributed by atoms with Crippen molar-refractivity contribution >= 4 is 5.91 Å². The van der Waals surface area contributed by atoms with Crippen LogP contribution >= 0.6 is 0 Å². The Balaban J connectivity index is 1.90. The highest BCUT2D eigenvalue weighted by Crippen LogP contribution is 2.25. The Labute approximate surface area is 105 Å². The summed E-state index contributed by atoms with van der Waals surface area (Å²) in [6.07, 6.45) is 3.38. The second kappa shape index (κ2) is 5.38. The van der Waals surface area contributed by atoms with Gasteiger partial charge in [-0.15, -0.1) is 0 Å². The number of hydrogen-bond acceptors (Lipinski definition) is 2. The van der Waals surface area contributed by atoms with E-state index in [2.05, 4.69) is 30.7 Å². The van der Waals surface area contributed by atoms with Crippen molar-refractivity contribution in [2.24, 2.45) is 17.8 Å². The van der Waals surface area contributed by atoms with E-state index in [4.69, 9.17) is 0 Å². The smallest absolute Gasteiger partial charge is 0.225 e. The van der Waals surface area contributed by atoms with Gasteiger partial charge in [0.25, 0.3) is 0 Å². The fourth-order valence-electron chi connectivity index (χ4n) is 3.36. The van der Waals surface area contributed by atoms with Crippen LogP contribution in [0.3, 0.4) is 0 Å². The molecule has 0 spiro atoms. The Kier molecular flexibility index (Phi) is 4.08. The van der Waals surface area contributed by atoms with Gasteiger partial charge in [0.05, 0.1) is 0 Å². The number of likely N-dealkylation sites (tertiary alicyclic amines) is 2. The van der Waals surface area contributed by atoms with Crippen molar-refractivity contribution in [3.8, 4) is 0 Å². The highest BCUT2D eigenvalue weighted by molar-refractivity contribution is 5.79. The van der Waals surface area contributed by atoms with E-state index in [1.807, 2.05) is 0 Å². The van der Waals surface area contributed by atoms with E-state index >= 15 is 0 Å². The summed E-state index contributed by atoms with van der Waals surface area (Å²) >= 11 is 0. The molecule has 2 unspecified atom stereocenters. The van der Waals surface area contributed by atoms with Crippen LogP contribution in [0, 0.1) is 17.8 Å². The second-order valence-corrected chi connectivity index (χ2v) is 6.27. The van der Waals surface area contributed by atoms with Crippen LogP contribution in [0.4, 0.5) is 0 Å². The lowest BCUT2D eigenvalue weighted by Gasteiger charge is -2.38. The monoisotopic (exact) mass is 238 g/mol. The first-order valence-electron chi connectivity index (χ1n) is 7.03. The zero-order valence-electron chi connectivity index (χ0n) is 11.5. The third-order valence-corrected chi connectivity index (χ3v) is 4.25. The van der Waals surface area contributed by atoms with Gasteiger partial charge in [-0.25, -0.2) is 0 Å². The zero-order chi connectivity index (χ0) is 12.4. The van der Waals surface area contributed by atoms with Crippen LogP contribution in [0.1, 0.15) is 33.1 Å². The summed E-state index contributed by atoms with van der Waals surface area (Å²) in [5.41, 5.74) is 0. The van der Waals surface area contributed by atoms with E-state index in [1.54, 1.807) is 0 Å². The molecule has 3 nitrogen and oxygen atoms in total. The molecule has 0 bridgehead atoms. The molecule has 0 aromatic rings. The van der Waals surface area contributed by atoms with Crippen molar-refractivity contribution in [3.05, 3.63) is 0 Å².